The maximum atomic E-state index is 14.0. The minimum atomic E-state index is -0.169. The minimum absolute atomic E-state index is 0.169. The number of benzene rings is 2. The van der Waals surface area contributed by atoms with Gasteiger partial charge in [0.05, 0.1) is 0 Å². The van der Waals surface area contributed by atoms with Crippen LogP contribution in [-0.4, -0.2) is 19.9 Å². The molecule has 0 amide bonds. The SMILES string of the molecule is Fc1ccc([C@@H]2C[C@H]2c2cnc(-c3ncccn3)nc2)c2ccccc12. The van der Waals surface area contributed by atoms with E-state index in [4.69, 9.17) is 0 Å². The second-order valence-corrected chi connectivity index (χ2v) is 6.54. The van der Waals surface area contributed by atoms with Crippen molar-refractivity contribution in [2.45, 2.75) is 18.3 Å². The first-order valence-corrected chi connectivity index (χ1v) is 8.58. The normalized spacial score (nSPS) is 18.8. The molecule has 4 nitrogen and oxygen atoms in total. The van der Waals surface area contributed by atoms with E-state index in [9.17, 15) is 4.39 Å². The number of halogens is 1. The lowest BCUT2D eigenvalue weighted by Gasteiger charge is -2.07. The summed E-state index contributed by atoms with van der Waals surface area (Å²) in [5, 5.41) is 1.68. The summed E-state index contributed by atoms with van der Waals surface area (Å²) in [4.78, 5) is 17.2. The van der Waals surface area contributed by atoms with E-state index >= 15 is 0 Å². The maximum Gasteiger partial charge on any atom is 0.197 e. The van der Waals surface area contributed by atoms with Crippen LogP contribution in [0.25, 0.3) is 22.4 Å². The molecule has 0 unspecified atom stereocenters. The number of nitrogens with zero attached hydrogens (tertiary/aromatic N) is 4. The Morgan fingerprint density at radius 2 is 1.42 bits per heavy atom. The van der Waals surface area contributed by atoms with Gasteiger partial charge in [-0.05, 0) is 46.9 Å². The first kappa shape index (κ1) is 15.1. The third kappa shape index (κ3) is 2.52. The van der Waals surface area contributed by atoms with Gasteiger partial charge in [-0.3, -0.25) is 0 Å². The average Bonchev–Trinajstić information content (AvgIpc) is 3.50. The predicted molar refractivity (Wildman–Crippen MR) is 97.1 cm³/mol. The van der Waals surface area contributed by atoms with Crippen molar-refractivity contribution in [2.24, 2.45) is 0 Å². The van der Waals surface area contributed by atoms with E-state index in [-0.39, 0.29) is 5.82 Å². The summed E-state index contributed by atoms with van der Waals surface area (Å²) < 4.78 is 14.0. The smallest absolute Gasteiger partial charge is 0.197 e. The molecule has 1 aliphatic carbocycles. The van der Waals surface area contributed by atoms with E-state index in [1.54, 1.807) is 24.5 Å². The molecule has 2 heterocycles. The molecule has 5 rings (SSSR count). The van der Waals surface area contributed by atoms with Gasteiger partial charge >= 0.3 is 0 Å². The van der Waals surface area contributed by atoms with Crippen molar-refractivity contribution >= 4 is 10.8 Å². The van der Waals surface area contributed by atoms with Gasteiger partial charge in [-0.25, -0.2) is 24.3 Å². The first-order chi connectivity index (χ1) is 12.8. The van der Waals surface area contributed by atoms with E-state index in [1.807, 2.05) is 42.7 Å². The van der Waals surface area contributed by atoms with Gasteiger partial charge in [0.1, 0.15) is 5.82 Å². The van der Waals surface area contributed by atoms with E-state index in [0.717, 1.165) is 17.4 Å². The molecule has 0 N–H and O–H groups in total. The van der Waals surface area contributed by atoms with Crippen molar-refractivity contribution in [2.75, 3.05) is 0 Å². The fourth-order valence-corrected chi connectivity index (χ4v) is 3.58. The van der Waals surface area contributed by atoms with Crippen LogP contribution in [0.2, 0.25) is 0 Å². The zero-order valence-corrected chi connectivity index (χ0v) is 13.9. The molecule has 0 radical (unpaired) electrons. The van der Waals surface area contributed by atoms with Crippen molar-refractivity contribution in [1.29, 1.82) is 0 Å². The lowest BCUT2D eigenvalue weighted by molar-refractivity contribution is 0.639. The molecule has 0 saturated heterocycles. The monoisotopic (exact) mass is 342 g/mol. The third-order valence-electron chi connectivity index (χ3n) is 4.96. The van der Waals surface area contributed by atoms with Crippen LogP contribution in [0.1, 0.15) is 29.4 Å². The Kier molecular flexibility index (Phi) is 3.45. The minimum Gasteiger partial charge on any atom is -0.234 e. The molecule has 1 saturated carbocycles. The highest BCUT2D eigenvalue weighted by Gasteiger charge is 2.40. The lowest BCUT2D eigenvalue weighted by Crippen LogP contribution is -1.96. The highest BCUT2D eigenvalue weighted by atomic mass is 19.1. The topological polar surface area (TPSA) is 51.6 Å². The molecule has 26 heavy (non-hydrogen) atoms. The van der Waals surface area contributed by atoms with Gasteiger partial charge in [0.15, 0.2) is 11.6 Å². The van der Waals surface area contributed by atoms with Gasteiger partial charge in [0.25, 0.3) is 0 Å². The molecule has 0 aliphatic heterocycles. The molecule has 4 aromatic rings. The molecular weight excluding hydrogens is 327 g/mol. The van der Waals surface area contributed by atoms with Crippen molar-refractivity contribution in [1.82, 2.24) is 19.9 Å². The molecule has 2 aromatic heterocycles. The van der Waals surface area contributed by atoms with Gasteiger partial charge in [-0.1, -0.05) is 30.3 Å². The lowest BCUT2D eigenvalue weighted by atomic mass is 9.99. The van der Waals surface area contributed by atoms with Crippen molar-refractivity contribution in [3.63, 3.8) is 0 Å². The summed E-state index contributed by atoms with van der Waals surface area (Å²) >= 11 is 0. The third-order valence-corrected chi connectivity index (χ3v) is 4.96. The van der Waals surface area contributed by atoms with Crippen molar-refractivity contribution < 1.29 is 4.39 Å². The second kappa shape index (κ2) is 5.95. The van der Waals surface area contributed by atoms with E-state index in [1.165, 1.54) is 5.56 Å². The number of aromatic nitrogens is 4. The summed E-state index contributed by atoms with van der Waals surface area (Å²) in [6.07, 6.45) is 8.09. The van der Waals surface area contributed by atoms with Crippen LogP contribution in [-0.2, 0) is 0 Å². The van der Waals surface area contributed by atoms with Crippen LogP contribution in [0.15, 0.2) is 67.3 Å². The Bertz CT molecular complexity index is 1080. The van der Waals surface area contributed by atoms with Gasteiger partial charge in [0.2, 0.25) is 0 Å². The van der Waals surface area contributed by atoms with Crippen LogP contribution in [0.3, 0.4) is 0 Å². The Balaban J connectivity index is 1.44. The quantitative estimate of drug-likeness (QED) is 0.550. The number of fused-ring (bicyclic) bond motifs is 1. The summed E-state index contributed by atoms with van der Waals surface area (Å²) in [6, 6.07) is 12.9. The largest absolute Gasteiger partial charge is 0.234 e. The van der Waals surface area contributed by atoms with Gasteiger partial charge in [0, 0.05) is 30.2 Å². The molecule has 0 spiro atoms. The summed E-state index contributed by atoms with van der Waals surface area (Å²) in [5.41, 5.74) is 2.30. The van der Waals surface area contributed by atoms with Crippen LogP contribution in [0.4, 0.5) is 4.39 Å². The van der Waals surface area contributed by atoms with Crippen LogP contribution in [0.5, 0.6) is 0 Å². The highest BCUT2D eigenvalue weighted by Crippen LogP contribution is 2.55. The van der Waals surface area contributed by atoms with E-state index in [2.05, 4.69) is 19.9 Å². The highest BCUT2D eigenvalue weighted by molar-refractivity contribution is 5.87. The van der Waals surface area contributed by atoms with Crippen LogP contribution < -0.4 is 0 Å². The average molecular weight is 342 g/mol. The molecular formula is C21H15FN4. The Morgan fingerprint density at radius 3 is 2.19 bits per heavy atom. The van der Waals surface area contributed by atoms with Crippen LogP contribution in [0, 0.1) is 5.82 Å². The molecule has 2 aromatic carbocycles. The van der Waals surface area contributed by atoms with E-state index in [0.29, 0.717) is 28.9 Å². The molecule has 1 aliphatic rings. The molecule has 2 atom stereocenters. The first-order valence-electron chi connectivity index (χ1n) is 8.58. The Labute approximate surface area is 149 Å². The Morgan fingerprint density at radius 1 is 0.731 bits per heavy atom. The standard InChI is InChI=1S/C21H15FN4/c22-19-7-6-15(14-4-1-2-5-16(14)19)18-10-17(18)13-11-25-21(26-12-13)20-23-8-3-9-24-20/h1-9,11-12,17-18H,10H2/t17-,18-/m0/s1. The molecule has 126 valence electrons. The second-order valence-electron chi connectivity index (χ2n) is 6.54. The van der Waals surface area contributed by atoms with E-state index < -0.39 is 0 Å². The molecule has 0 bridgehead atoms. The predicted octanol–water partition coefficient (Wildman–Crippen LogP) is 4.50. The zero-order chi connectivity index (χ0) is 17.5. The molecule has 5 heteroatoms. The fraction of sp³-hybridized carbons (Fsp3) is 0.143. The zero-order valence-electron chi connectivity index (χ0n) is 13.9. The fourth-order valence-electron chi connectivity index (χ4n) is 3.58. The summed E-state index contributed by atoms with van der Waals surface area (Å²) in [6.45, 7) is 0. The van der Waals surface area contributed by atoms with Crippen molar-refractivity contribution in [3.8, 4) is 11.6 Å². The maximum absolute atomic E-state index is 14.0. The molecule has 1 fully saturated rings. The number of hydrogen-bond donors (Lipinski definition) is 0. The van der Waals surface area contributed by atoms with Crippen molar-refractivity contribution in [3.05, 3.63) is 84.2 Å². The van der Waals surface area contributed by atoms with Gasteiger partial charge in [-0.2, -0.15) is 0 Å². The van der Waals surface area contributed by atoms with Crippen LogP contribution >= 0.6 is 0 Å². The Hall–Kier alpha value is -3.21. The summed E-state index contributed by atoms with van der Waals surface area (Å²) in [7, 11) is 0. The summed E-state index contributed by atoms with van der Waals surface area (Å²) in [5.74, 6) is 1.63. The number of hydrogen-bond acceptors (Lipinski definition) is 4. The van der Waals surface area contributed by atoms with Gasteiger partial charge < -0.3 is 0 Å². The number of rotatable bonds is 3. The van der Waals surface area contributed by atoms with Gasteiger partial charge in [-0.15, -0.1) is 0 Å².